The lowest BCUT2D eigenvalue weighted by Gasteiger charge is -2.19. The summed E-state index contributed by atoms with van der Waals surface area (Å²) in [5.74, 6) is 0. The van der Waals surface area contributed by atoms with Crippen molar-refractivity contribution in [2.75, 3.05) is 6.54 Å². The van der Waals surface area contributed by atoms with E-state index in [1.807, 2.05) is 0 Å². The smallest absolute Gasteiger partial charge is 0.407 e. The molecule has 1 heterocycles. The quantitative estimate of drug-likeness (QED) is 0.891. The summed E-state index contributed by atoms with van der Waals surface area (Å²) < 4.78 is 6.94. The molecule has 122 valence electrons. The number of nitrogens with one attached hydrogen (secondary N) is 1. The lowest BCUT2D eigenvalue weighted by atomic mass is 10.2. The molecule has 0 fully saturated rings. The Kier molecular flexibility index (Phi) is 5.08. The average Bonchev–Trinajstić information content (AvgIpc) is 2.75. The summed E-state index contributed by atoms with van der Waals surface area (Å²) in [6.07, 6.45) is -0.497. The van der Waals surface area contributed by atoms with E-state index in [2.05, 4.69) is 11.4 Å². The molecule has 5 nitrogen and oxygen atoms in total. The predicted molar refractivity (Wildman–Crippen MR) is 90.9 cm³/mol. The number of nitriles is 1. The van der Waals surface area contributed by atoms with E-state index in [1.54, 1.807) is 43.5 Å². The molecule has 7 heteroatoms. The highest BCUT2D eigenvalue weighted by Crippen LogP contribution is 2.30. The maximum absolute atomic E-state index is 11.7. The molecule has 0 unspecified atom stereocenters. The first-order valence-electron chi connectivity index (χ1n) is 7.06. The third-order valence-corrected chi connectivity index (χ3v) is 3.58. The van der Waals surface area contributed by atoms with Crippen LogP contribution < -0.4 is 5.32 Å². The number of nitrogens with zero attached hydrogens (tertiary/aromatic N) is 2. The molecule has 0 atom stereocenters. The van der Waals surface area contributed by atoms with Gasteiger partial charge in [0.1, 0.15) is 17.4 Å². The maximum Gasteiger partial charge on any atom is 0.407 e. The normalized spacial score (nSPS) is 11.3. The van der Waals surface area contributed by atoms with Crippen molar-refractivity contribution in [1.29, 1.82) is 5.26 Å². The van der Waals surface area contributed by atoms with Crippen molar-refractivity contribution in [2.45, 2.75) is 32.9 Å². The van der Waals surface area contributed by atoms with E-state index >= 15 is 0 Å². The number of hydrogen-bond acceptors (Lipinski definition) is 3. The van der Waals surface area contributed by atoms with Crippen LogP contribution in [0.3, 0.4) is 0 Å². The monoisotopic (exact) mass is 353 g/mol. The minimum Gasteiger partial charge on any atom is -0.444 e. The lowest BCUT2D eigenvalue weighted by molar-refractivity contribution is 0.0526. The number of alkyl carbamates (subject to hydrolysis) is 1. The van der Waals surface area contributed by atoms with Gasteiger partial charge in [0.15, 0.2) is 0 Å². The van der Waals surface area contributed by atoms with Crippen molar-refractivity contribution in [1.82, 2.24) is 9.88 Å². The minimum absolute atomic E-state index is 0.317. The molecule has 0 aliphatic carbocycles. The summed E-state index contributed by atoms with van der Waals surface area (Å²) in [5, 5.41) is 13.7. The molecule has 1 N–H and O–H groups in total. The fraction of sp³-hybridized carbons (Fsp3) is 0.375. The fourth-order valence-corrected chi connectivity index (χ4v) is 2.74. The number of hydrogen-bond donors (Lipinski definition) is 1. The highest BCUT2D eigenvalue weighted by Gasteiger charge is 2.16. The molecule has 1 amide bonds. The van der Waals surface area contributed by atoms with Crippen LogP contribution in [0, 0.1) is 11.3 Å². The minimum atomic E-state index is -0.552. The van der Waals surface area contributed by atoms with E-state index in [0.29, 0.717) is 28.8 Å². The van der Waals surface area contributed by atoms with Crippen LogP contribution in [0.25, 0.3) is 10.9 Å². The Balaban J connectivity index is 2.17. The highest BCUT2D eigenvalue weighted by atomic mass is 35.5. The topological polar surface area (TPSA) is 67.0 Å². The number of benzene rings is 1. The van der Waals surface area contributed by atoms with Gasteiger partial charge in [-0.05, 0) is 39.0 Å². The summed E-state index contributed by atoms with van der Waals surface area (Å²) in [6.45, 7) is 6.11. The zero-order chi connectivity index (χ0) is 17.2. The van der Waals surface area contributed by atoms with Gasteiger partial charge in [-0.3, -0.25) is 0 Å². The lowest BCUT2D eigenvalue weighted by Crippen LogP contribution is -2.34. The number of ether oxygens (including phenoxy) is 1. The van der Waals surface area contributed by atoms with Crippen LogP contribution in [0.5, 0.6) is 0 Å². The molecule has 2 aromatic rings. The van der Waals surface area contributed by atoms with Crippen molar-refractivity contribution < 1.29 is 9.53 Å². The van der Waals surface area contributed by atoms with Crippen LogP contribution in [0.2, 0.25) is 10.0 Å². The van der Waals surface area contributed by atoms with E-state index in [4.69, 9.17) is 27.9 Å². The Morgan fingerprint density at radius 1 is 1.35 bits per heavy atom. The van der Waals surface area contributed by atoms with Gasteiger partial charge in [0.25, 0.3) is 0 Å². The number of carbonyl (C=O) groups is 1. The van der Waals surface area contributed by atoms with Crippen LogP contribution in [-0.2, 0) is 11.3 Å². The summed E-state index contributed by atoms with van der Waals surface area (Å²) in [6, 6.07) is 7.22. The SMILES string of the molecule is CC(C)(C)OC(=O)NCCn1c(C#N)cc2c(Cl)cc(Cl)cc21. The van der Waals surface area contributed by atoms with E-state index in [1.165, 1.54) is 0 Å². The molecule has 1 aromatic heterocycles. The first-order chi connectivity index (χ1) is 10.7. The summed E-state index contributed by atoms with van der Waals surface area (Å²) in [5.41, 5.74) is 0.656. The van der Waals surface area contributed by atoms with Crippen molar-refractivity contribution >= 4 is 40.2 Å². The van der Waals surface area contributed by atoms with Gasteiger partial charge < -0.3 is 14.6 Å². The zero-order valence-corrected chi connectivity index (χ0v) is 14.6. The van der Waals surface area contributed by atoms with E-state index in [9.17, 15) is 10.1 Å². The molecule has 0 saturated carbocycles. The van der Waals surface area contributed by atoms with Crippen LogP contribution in [0.4, 0.5) is 4.79 Å². The molecule has 2 rings (SSSR count). The first-order valence-corrected chi connectivity index (χ1v) is 7.82. The Labute approximate surface area is 144 Å². The van der Waals surface area contributed by atoms with Crippen molar-refractivity contribution in [3.05, 3.63) is 33.9 Å². The molecule has 0 radical (unpaired) electrons. The first kappa shape index (κ1) is 17.5. The Morgan fingerprint density at radius 3 is 2.65 bits per heavy atom. The van der Waals surface area contributed by atoms with Crippen LogP contribution >= 0.6 is 23.2 Å². The molecular weight excluding hydrogens is 337 g/mol. The van der Waals surface area contributed by atoms with E-state index < -0.39 is 11.7 Å². The van der Waals surface area contributed by atoms with Gasteiger partial charge in [0, 0.05) is 23.5 Å². The van der Waals surface area contributed by atoms with Crippen molar-refractivity contribution in [3.63, 3.8) is 0 Å². The Hall–Kier alpha value is -1.90. The molecule has 1 aromatic carbocycles. The van der Waals surface area contributed by atoms with E-state index in [0.717, 1.165) is 10.9 Å². The largest absolute Gasteiger partial charge is 0.444 e. The average molecular weight is 354 g/mol. The Bertz CT molecular complexity index is 785. The molecule has 0 aliphatic rings. The van der Waals surface area contributed by atoms with Gasteiger partial charge in [0.05, 0.1) is 10.5 Å². The summed E-state index contributed by atoms with van der Waals surface area (Å²) >= 11 is 12.2. The fourth-order valence-electron chi connectivity index (χ4n) is 2.20. The molecule has 0 spiro atoms. The van der Waals surface area contributed by atoms with Gasteiger partial charge in [0.2, 0.25) is 0 Å². The van der Waals surface area contributed by atoms with Gasteiger partial charge >= 0.3 is 6.09 Å². The van der Waals surface area contributed by atoms with Crippen LogP contribution in [-0.4, -0.2) is 22.8 Å². The summed E-state index contributed by atoms with van der Waals surface area (Å²) in [4.78, 5) is 11.7. The number of rotatable bonds is 3. The van der Waals surface area contributed by atoms with Crippen LogP contribution in [0.1, 0.15) is 26.5 Å². The molecule has 23 heavy (non-hydrogen) atoms. The number of halogens is 2. The third kappa shape index (κ3) is 4.31. The highest BCUT2D eigenvalue weighted by molar-refractivity contribution is 6.38. The predicted octanol–water partition coefficient (Wildman–Crippen LogP) is 4.34. The Morgan fingerprint density at radius 2 is 2.04 bits per heavy atom. The van der Waals surface area contributed by atoms with Gasteiger partial charge in [-0.15, -0.1) is 0 Å². The molecule has 0 saturated heterocycles. The number of carbonyl (C=O) groups excluding carboxylic acids is 1. The second kappa shape index (κ2) is 6.69. The summed E-state index contributed by atoms with van der Waals surface area (Å²) in [7, 11) is 0. The second-order valence-corrected chi connectivity index (χ2v) is 6.89. The number of amides is 1. The number of aromatic nitrogens is 1. The second-order valence-electron chi connectivity index (χ2n) is 6.04. The maximum atomic E-state index is 11.7. The number of fused-ring (bicyclic) bond motifs is 1. The van der Waals surface area contributed by atoms with Gasteiger partial charge in [-0.2, -0.15) is 5.26 Å². The third-order valence-electron chi connectivity index (χ3n) is 3.05. The van der Waals surface area contributed by atoms with Crippen molar-refractivity contribution in [3.8, 4) is 6.07 Å². The molecule has 0 aliphatic heterocycles. The van der Waals surface area contributed by atoms with Crippen molar-refractivity contribution in [2.24, 2.45) is 0 Å². The zero-order valence-electron chi connectivity index (χ0n) is 13.1. The van der Waals surface area contributed by atoms with E-state index in [-0.39, 0.29) is 0 Å². The standard InChI is InChI=1S/C16H17Cl2N3O2/c1-16(2,3)23-15(22)20-4-5-21-11(9-19)8-12-13(18)6-10(17)7-14(12)21/h6-8H,4-5H2,1-3H3,(H,20,22). The molecular formula is C16H17Cl2N3O2. The molecule has 0 bridgehead atoms. The van der Waals surface area contributed by atoms with Gasteiger partial charge in [-0.1, -0.05) is 23.2 Å². The van der Waals surface area contributed by atoms with Gasteiger partial charge in [-0.25, -0.2) is 4.79 Å². The van der Waals surface area contributed by atoms with Crippen LogP contribution in [0.15, 0.2) is 18.2 Å².